The van der Waals surface area contributed by atoms with Crippen molar-refractivity contribution < 1.29 is 8.85 Å². The summed E-state index contributed by atoms with van der Waals surface area (Å²) in [6.45, 7) is 4.40. The number of hydrogen-bond donors (Lipinski definition) is 0. The highest BCUT2D eigenvalue weighted by Crippen LogP contribution is 2.25. The number of hydrogen-bond acceptors (Lipinski definition) is 2. The van der Waals surface area contributed by atoms with Gasteiger partial charge in [-0.1, -0.05) is 87.4 Å². The van der Waals surface area contributed by atoms with Crippen molar-refractivity contribution in [2.45, 2.75) is 51.7 Å². The molecule has 23 heavy (non-hydrogen) atoms. The standard InChI is InChI=1S/C20H28O2Si/c1-3-11-19(17-13-7-5-8-14-17)21-23-22-20(12-4-2)18-15-9-6-10-16-18/h5-10,13-16,19-20H,3-4,11-12,23H2,1-2H3. The van der Waals surface area contributed by atoms with Crippen molar-refractivity contribution in [1.29, 1.82) is 0 Å². The van der Waals surface area contributed by atoms with Gasteiger partial charge in [0.2, 0.25) is 0 Å². The van der Waals surface area contributed by atoms with Gasteiger partial charge in [-0.2, -0.15) is 0 Å². The van der Waals surface area contributed by atoms with Gasteiger partial charge in [0.05, 0.1) is 12.2 Å². The molecule has 2 aromatic carbocycles. The summed E-state index contributed by atoms with van der Waals surface area (Å²) in [5.41, 5.74) is 2.52. The van der Waals surface area contributed by atoms with Gasteiger partial charge in [0.25, 0.3) is 0 Å². The van der Waals surface area contributed by atoms with Crippen molar-refractivity contribution in [3.05, 3.63) is 71.8 Å². The van der Waals surface area contributed by atoms with Crippen LogP contribution in [0.15, 0.2) is 60.7 Å². The van der Waals surface area contributed by atoms with Crippen LogP contribution in [0, 0.1) is 0 Å². The summed E-state index contributed by atoms with van der Waals surface area (Å²) in [7, 11) is -1.01. The average Bonchev–Trinajstić information content (AvgIpc) is 2.61. The smallest absolute Gasteiger partial charge is 0.305 e. The van der Waals surface area contributed by atoms with Crippen molar-refractivity contribution in [2.24, 2.45) is 0 Å². The van der Waals surface area contributed by atoms with Gasteiger partial charge in [0.15, 0.2) is 0 Å². The Hall–Kier alpha value is -1.42. The molecule has 0 spiro atoms. The minimum absolute atomic E-state index is 0.172. The fourth-order valence-electron chi connectivity index (χ4n) is 2.76. The van der Waals surface area contributed by atoms with Crippen LogP contribution in [0.5, 0.6) is 0 Å². The first-order valence-corrected chi connectivity index (χ1v) is 9.83. The molecular weight excluding hydrogens is 300 g/mol. The quantitative estimate of drug-likeness (QED) is 0.565. The minimum Gasteiger partial charge on any atom is -0.392 e. The second-order valence-electron chi connectivity index (χ2n) is 5.83. The van der Waals surface area contributed by atoms with Crippen LogP contribution in [-0.2, 0) is 8.85 Å². The van der Waals surface area contributed by atoms with Gasteiger partial charge in [0, 0.05) is 0 Å². The van der Waals surface area contributed by atoms with Gasteiger partial charge in [-0.25, -0.2) is 0 Å². The summed E-state index contributed by atoms with van der Waals surface area (Å²) in [4.78, 5) is 0. The van der Waals surface area contributed by atoms with Gasteiger partial charge in [-0.15, -0.1) is 0 Å². The molecule has 0 heterocycles. The Balaban J connectivity index is 1.92. The molecule has 124 valence electrons. The fraction of sp³-hybridized carbons (Fsp3) is 0.400. The molecule has 0 saturated carbocycles. The molecule has 0 fully saturated rings. The maximum Gasteiger partial charge on any atom is 0.305 e. The lowest BCUT2D eigenvalue weighted by molar-refractivity contribution is 0.109. The topological polar surface area (TPSA) is 18.5 Å². The Morgan fingerprint density at radius 3 is 1.43 bits per heavy atom. The lowest BCUT2D eigenvalue weighted by atomic mass is 10.1. The van der Waals surface area contributed by atoms with Gasteiger partial charge in [-0.3, -0.25) is 0 Å². The SMILES string of the molecule is CCCC(O[SiH2]OC(CCC)c1ccccc1)c1ccccc1. The third-order valence-electron chi connectivity index (χ3n) is 3.98. The first kappa shape index (κ1) is 17.9. The van der Waals surface area contributed by atoms with Crippen LogP contribution >= 0.6 is 0 Å². The molecule has 0 aliphatic carbocycles. The molecule has 0 aliphatic rings. The van der Waals surface area contributed by atoms with Crippen molar-refractivity contribution in [1.82, 2.24) is 0 Å². The normalized spacial score (nSPS) is 14.2. The van der Waals surface area contributed by atoms with E-state index >= 15 is 0 Å². The highest BCUT2D eigenvalue weighted by molar-refractivity contribution is 6.18. The van der Waals surface area contributed by atoms with Gasteiger partial charge < -0.3 is 8.85 Å². The Morgan fingerprint density at radius 2 is 1.09 bits per heavy atom. The summed E-state index contributed by atoms with van der Waals surface area (Å²) < 4.78 is 12.4. The number of benzene rings is 2. The summed E-state index contributed by atoms with van der Waals surface area (Å²) in [5, 5.41) is 0. The zero-order valence-electron chi connectivity index (χ0n) is 14.3. The van der Waals surface area contributed by atoms with Crippen LogP contribution in [-0.4, -0.2) is 10.0 Å². The zero-order valence-corrected chi connectivity index (χ0v) is 15.7. The first-order valence-electron chi connectivity index (χ1n) is 8.68. The predicted molar refractivity (Wildman–Crippen MR) is 98.9 cm³/mol. The van der Waals surface area contributed by atoms with E-state index in [2.05, 4.69) is 62.4 Å². The van der Waals surface area contributed by atoms with E-state index < -0.39 is 10.0 Å². The monoisotopic (exact) mass is 328 g/mol. The van der Waals surface area contributed by atoms with E-state index in [1.54, 1.807) is 0 Å². The Kier molecular flexibility index (Phi) is 8.08. The summed E-state index contributed by atoms with van der Waals surface area (Å²) in [6.07, 6.45) is 4.67. The van der Waals surface area contributed by atoms with E-state index in [4.69, 9.17) is 8.85 Å². The number of rotatable bonds is 10. The van der Waals surface area contributed by atoms with Crippen LogP contribution in [0.1, 0.15) is 62.9 Å². The third kappa shape index (κ3) is 5.94. The van der Waals surface area contributed by atoms with Crippen molar-refractivity contribution in [2.75, 3.05) is 0 Å². The van der Waals surface area contributed by atoms with E-state index in [-0.39, 0.29) is 12.2 Å². The van der Waals surface area contributed by atoms with Gasteiger partial charge in [0.1, 0.15) is 0 Å². The lowest BCUT2D eigenvalue weighted by Gasteiger charge is -2.22. The largest absolute Gasteiger partial charge is 0.392 e. The third-order valence-corrected chi connectivity index (χ3v) is 5.06. The van der Waals surface area contributed by atoms with E-state index in [0.29, 0.717) is 0 Å². The van der Waals surface area contributed by atoms with E-state index in [0.717, 1.165) is 25.7 Å². The maximum atomic E-state index is 6.18. The molecule has 2 nitrogen and oxygen atoms in total. The molecule has 0 radical (unpaired) electrons. The molecule has 2 rings (SSSR count). The molecule has 0 amide bonds. The Bertz CT molecular complexity index is 480. The van der Waals surface area contributed by atoms with Crippen molar-refractivity contribution in [3.8, 4) is 0 Å². The van der Waals surface area contributed by atoms with Crippen LogP contribution in [0.25, 0.3) is 0 Å². The molecule has 0 N–H and O–H groups in total. The van der Waals surface area contributed by atoms with Crippen LogP contribution in [0.3, 0.4) is 0 Å². The van der Waals surface area contributed by atoms with E-state index in [9.17, 15) is 0 Å². The van der Waals surface area contributed by atoms with Gasteiger partial charge in [-0.05, 0) is 24.0 Å². The van der Waals surface area contributed by atoms with Gasteiger partial charge >= 0.3 is 10.0 Å². The Morgan fingerprint density at radius 1 is 0.696 bits per heavy atom. The molecule has 2 atom stereocenters. The second-order valence-corrected chi connectivity index (χ2v) is 6.73. The predicted octanol–water partition coefficient (Wildman–Crippen LogP) is 5.10. The Labute approximate surface area is 142 Å². The summed E-state index contributed by atoms with van der Waals surface area (Å²) >= 11 is 0. The van der Waals surface area contributed by atoms with E-state index in [1.807, 2.05) is 12.1 Å². The summed E-state index contributed by atoms with van der Waals surface area (Å²) in [5.74, 6) is 0. The van der Waals surface area contributed by atoms with Crippen LogP contribution < -0.4 is 0 Å². The highest BCUT2D eigenvalue weighted by Gasteiger charge is 2.14. The first-order chi connectivity index (χ1) is 11.3. The highest BCUT2D eigenvalue weighted by atomic mass is 28.3. The molecule has 2 unspecified atom stereocenters. The minimum atomic E-state index is -1.01. The van der Waals surface area contributed by atoms with E-state index in [1.165, 1.54) is 11.1 Å². The average molecular weight is 329 g/mol. The molecular formula is C20H28O2Si. The fourth-order valence-corrected chi connectivity index (χ4v) is 3.88. The summed E-state index contributed by atoms with van der Waals surface area (Å²) in [6, 6.07) is 21.0. The molecule has 0 saturated heterocycles. The van der Waals surface area contributed by atoms with Crippen LogP contribution in [0.4, 0.5) is 0 Å². The van der Waals surface area contributed by atoms with Crippen LogP contribution in [0.2, 0.25) is 0 Å². The van der Waals surface area contributed by atoms with Crippen molar-refractivity contribution >= 4 is 10.0 Å². The molecule has 2 aromatic rings. The van der Waals surface area contributed by atoms with Crippen molar-refractivity contribution in [3.63, 3.8) is 0 Å². The molecule has 0 aromatic heterocycles. The second kappa shape index (κ2) is 10.4. The zero-order chi connectivity index (χ0) is 16.3. The molecule has 0 bridgehead atoms. The molecule has 3 heteroatoms. The maximum absolute atomic E-state index is 6.18. The molecule has 0 aliphatic heterocycles. The lowest BCUT2D eigenvalue weighted by Crippen LogP contribution is -2.14.